The molecule has 1 aromatic carbocycles. The maximum Gasteiger partial charge on any atom is 0.265 e. The number of hydrazine groups is 1. The van der Waals surface area contributed by atoms with Crippen molar-refractivity contribution in [3.63, 3.8) is 0 Å². The smallest absolute Gasteiger partial charge is 0.265 e. The van der Waals surface area contributed by atoms with Gasteiger partial charge in [0.05, 0.1) is 5.02 Å². The number of nitrogens with one attached hydrogen (secondary N) is 2. The zero-order valence-electron chi connectivity index (χ0n) is 14.0. The molecule has 136 valence electrons. The van der Waals surface area contributed by atoms with E-state index >= 15 is 0 Å². The average molecular weight is 384 g/mol. The van der Waals surface area contributed by atoms with E-state index in [1.165, 1.54) is 38.4 Å². The molecule has 0 unspecified atom stereocenters. The number of hydrogen-bond acceptors (Lipinski definition) is 4. The highest BCUT2D eigenvalue weighted by molar-refractivity contribution is 7.89. The second kappa shape index (κ2) is 6.23. The van der Waals surface area contributed by atoms with E-state index in [2.05, 4.69) is 10.1 Å². The van der Waals surface area contributed by atoms with Crippen molar-refractivity contribution in [3.05, 3.63) is 28.8 Å². The van der Waals surface area contributed by atoms with E-state index < -0.39 is 10.0 Å². The van der Waals surface area contributed by atoms with Crippen molar-refractivity contribution in [2.45, 2.75) is 24.2 Å². The van der Waals surface area contributed by atoms with Crippen LogP contribution >= 0.6 is 11.6 Å². The molecule has 2 saturated carbocycles. The van der Waals surface area contributed by atoms with Gasteiger partial charge in [0.15, 0.2) is 0 Å². The molecule has 2 aliphatic carbocycles. The van der Waals surface area contributed by atoms with Gasteiger partial charge in [0.25, 0.3) is 5.91 Å². The molecule has 0 radical (unpaired) electrons. The Morgan fingerprint density at radius 1 is 1.20 bits per heavy atom. The third-order valence-electron chi connectivity index (χ3n) is 6.15. The Balaban J connectivity index is 1.48. The third kappa shape index (κ3) is 2.97. The molecule has 3 fully saturated rings. The summed E-state index contributed by atoms with van der Waals surface area (Å²) in [5, 5.41) is 2.10. The van der Waals surface area contributed by atoms with Crippen LogP contribution in [0.25, 0.3) is 0 Å². The molecule has 25 heavy (non-hydrogen) atoms. The van der Waals surface area contributed by atoms with Crippen molar-refractivity contribution >= 4 is 27.5 Å². The summed E-state index contributed by atoms with van der Waals surface area (Å²) < 4.78 is 26.3. The van der Waals surface area contributed by atoms with Gasteiger partial charge in [-0.25, -0.2) is 18.1 Å². The highest BCUT2D eigenvalue weighted by atomic mass is 35.5. The summed E-state index contributed by atoms with van der Waals surface area (Å²) in [5.74, 6) is 2.74. The minimum atomic E-state index is -3.71. The first-order chi connectivity index (χ1) is 11.9. The summed E-state index contributed by atoms with van der Waals surface area (Å²) in [6.45, 7) is 1.79. The third-order valence-corrected chi connectivity index (χ3v) is 8.04. The van der Waals surface area contributed by atoms with Gasteiger partial charge in [-0.3, -0.25) is 10.2 Å². The van der Waals surface area contributed by atoms with Crippen molar-refractivity contribution in [2.75, 3.05) is 20.1 Å². The molecule has 1 aromatic rings. The van der Waals surface area contributed by atoms with E-state index in [0.717, 1.165) is 24.9 Å². The molecular formula is C17H22ClN3O3S. The van der Waals surface area contributed by atoms with E-state index in [1.54, 1.807) is 6.07 Å². The van der Waals surface area contributed by atoms with Gasteiger partial charge < -0.3 is 0 Å². The second-order valence-electron chi connectivity index (χ2n) is 7.36. The summed E-state index contributed by atoms with van der Waals surface area (Å²) in [7, 11) is -2.39. The van der Waals surface area contributed by atoms with Gasteiger partial charge in [-0.15, -0.1) is 0 Å². The van der Waals surface area contributed by atoms with E-state index in [9.17, 15) is 13.2 Å². The number of amides is 1. The molecule has 1 heterocycles. The van der Waals surface area contributed by atoms with Crippen molar-refractivity contribution in [2.24, 2.45) is 23.7 Å². The fourth-order valence-corrected chi connectivity index (χ4v) is 6.19. The van der Waals surface area contributed by atoms with Gasteiger partial charge in [0.2, 0.25) is 10.0 Å². The van der Waals surface area contributed by atoms with Crippen molar-refractivity contribution in [1.29, 1.82) is 0 Å². The van der Waals surface area contributed by atoms with E-state index in [-0.39, 0.29) is 15.8 Å². The highest BCUT2D eigenvalue weighted by Crippen LogP contribution is 2.54. The predicted octanol–water partition coefficient (Wildman–Crippen LogP) is 1.87. The lowest BCUT2D eigenvalue weighted by Gasteiger charge is -2.22. The molecule has 1 aliphatic heterocycles. The van der Waals surface area contributed by atoms with Gasteiger partial charge in [-0.2, -0.15) is 0 Å². The Morgan fingerprint density at radius 3 is 2.44 bits per heavy atom. The average Bonchev–Trinajstić information content (AvgIpc) is 3.27. The van der Waals surface area contributed by atoms with Crippen molar-refractivity contribution in [3.8, 4) is 0 Å². The maximum atomic E-state index is 12.6. The number of carbonyl (C=O) groups is 1. The summed E-state index contributed by atoms with van der Waals surface area (Å²) >= 11 is 5.98. The molecule has 0 aromatic heterocycles. The Hall–Kier alpha value is -1.15. The van der Waals surface area contributed by atoms with Crippen LogP contribution in [-0.2, 0) is 10.0 Å². The molecule has 8 heteroatoms. The number of rotatable bonds is 4. The number of hydrogen-bond donors (Lipinski definition) is 2. The Labute approximate surface area is 152 Å². The molecule has 2 N–H and O–H groups in total. The number of nitrogens with zero attached hydrogens (tertiary/aromatic N) is 1. The van der Waals surface area contributed by atoms with Crippen LogP contribution in [0.3, 0.4) is 0 Å². The summed E-state index contributed by atoms with van der Waals surface area (Å²) in [6.07, 6.45) is 4.02. The van der Waals surface area contributed by atoms with Crippen LogP contribution < -0.4 is 10.1 Å². The number of sulfonamides is 1. The van der Waals surface area contributed by atoms with Crippen LogP contribution in [0, 0.1) is 23.7 Å². The van der Waals surface area contributed by atoms with Crippen LogP contribution in [0.2, 0.25) is 5.02 Å². The lowest BCUT2D eigenvalue weighted by atomic mass is 9.82. The van der Waals surface area contributed by atoms with Crippen LogP contribution in [-0.4, -0.2) is 39.5 Å². The number of carbonyl (C=O) groups excluding carboxylic acids is 1. The van der Waals surface area contributed by atoms with Crippen molar-refractivity contribution < 1.29 is 13.2 Å². The monoisotopic (exact) mass is 383 g/mol. The fraction of sp³-hybridized carbons (Fsp3) is 0.588. The number of fused-ring (bicyclic) bond motifs is 5. The topological polar surface area (TPSA) is 78.5 Å². The Kier molecular flexibility index (Phi) is 4.30. The first-order valence-electron chi connectivity index (χ1n) is 8.68. The molecule has 4 atom stereocenters. The molecule has 3 aliphatic rings. The summed E-state index contributed by atoms with van der Waals surface area (Å²) in [5.41, 5.74) is 3.23. The van der Waals surface area contributed by atoms with Crippen molar-refractivity contribution in [1.82, 2.24) is 15.2 Å². The Bertz CT molecular complexity index is 795. The van der Waals surface area contributed by atoms with Gasteiger partial charge in [0.1, 0.15) is 4.90 Å². The van der Waals surface area contributed by atoms with Crippen LogP contribution in [0.5, 0.6) is 0 Å². The maximum absolute atomic E-state index is 12.6. The first-order valence-corrected chi connectivity index (χ1v) is 10.5. The summed E-state index contributed by atoms with van der Waals surface area (Å²) in [4.78, 5) is 12.5. The molecule has 0 spiro atoms. The molecule has 2 bridgehead atoms. The number of benzene rings is 1. The predicted molar refractivity (Wildman–Crippen MR) is 94.5 cm³/mol. The van der Waals surface area contributed by atoms with E-state index in [0.29, 0.717) is 17.4 Å². The zero-order chi connectivity index (χ0) is 17.8. The molecule has 4 rings (SSSR count). The molecule has 6 nitrogen and oxygen atoms in total. The molecular weight excluding hydrogens is 362 g/mol. The fourth-order valence-electron chi connectivity index (χ4n) is 4.94. The lowest BCUT2D eigenvalue weighted by Crippen LogP contribution is -2.41. The van der Waals surface area contributed by atoms with E-state index in [4.69, 9.17) is 11.6 Å². The molecule has 1 amide bonds. The Morgan fingerprint density at radius 2 is 1.84 bits per heavy atom. The standard InChI is InChI=1S/C17H22ClN3O3S/c1-19-25(23,24)16-7-12(4-5-15(16)18)17(22)20-21-8-13-10-2-3-11(6-10)14(13)9-21/h4-5,7,10-11,13-14,19H,2-3,6,8-9H2,1H3,(H,20,22)/t10-,11+,13+,14-. The minimum Gasteiger partial charge on any atom is -0.285 e. The highest BCUT2D eigenvalue weighted by Gasteiger charge is 2.51. The first kappa shape index (κ1) is 17.3. The van der Waals surface area contributed by atoms with Crippen LogP contribution in [0.15, 0.2) is 23.1 Å². The van der Waals surface area contributed by atoms with Gasteiger partial charge >= 0.3 is 0 Å². The van der Waals surface area contributed by atoms with Crippen LogP contribution in [0.1, 0.15) is 29.6 Å². The summed E-state index contributed by atoms with van der Waals surface area (Å²) in [6, 6.07) is 4.32. The zero-order valence-corrected chi connectivity index (χ0v) is 15.6. The van der Waals surface area contributed by atoms with Crippen LogP contribution in [0.4, 0.5) is 0 Å². The quantitative estimate of drug-likeness (QED) is 0.832. The SMILES string of the molecule is CNS(=O)(=O)c1cc(C(=O)NN2C[C@@H]3[C@H]4CC[C@H](C4)[C@@H]3C2)ccc1Cl. The largest absolute Gasteiger partial charge is 0.285 e. The minimum absolute atomic E-state index is 0.0827. The second-order valence-corrected chi connectivity index (χ2v) is 9.62. The van der Waals surface area contributed by atoms with Gasteiger partial charge in [0, 0.05) is 18.7 Å². The van der Waals surface area contributed by atoms with Gasteiger partial charge in [-0.1, -0.05) is 11.6 Å². The number of halogens is 1. The van der Waals surface area contributed by atoms with Gasteiger partial charge in [-0.05, 0) is 68.2 Å². The van der Waals surface area contributed by atoms with E-state index in [1.807, 2.05) is 5.01 Å². The molecule has 1 saturated heterocycles. The lowest BCUT2D eigenvalue weighted by molar-refractivity contribution is 0.0809. The normalized spacial score (nSPS) is 31.3.